The molecule has 0 bridgehead atoms. The van der Waals surface area contributed by atoms with E-state index in [0.29, 0.717) is 24.3 Å². The maximum absolute atomic E-state index is 11.9. The number of nitrogens with two attached hydrogens (primary N) is 1. The van der Waals surface area contributed by atoms with Crippen LogP contribution in [0.4, 0.5) is 0 Å². The van der Waals surface area contributed by atoms with Crippen molar-refractivity contribution in [3.05, 3.63) is 0 Å². The normalized spacial score (nSPS) is 29.9. The van der Waals surface area contributed by atoms with E-state index in [1.54, 1.807) is 0 Å². The molecule has 0 radical (unpaired) electrons. The third-order valence-corrected chi connectivity index (χ3v) is 4.66. The summed E-state index contributed by atoms with van der Waals surface area (Å²) in [6.45, 7) is 2.16. The Hall–Kier alpha value is -0.280. The Morgan fingerprint density at radius 3 is 2.44 bits per heavy atom. The van der Waals surface area contributed by atoms with Crippen molar-refractivity contribution in [2.45, 2.75) is 70.4 Å². The fraction of sp³-hybridized carbons (Fsp3) is 0.929. The van der Waals surface area contributed by atoms with E-state index in [1.807, 2.05) is 0 Å². The largest absolute Gasteiger partial charge is 0.353 e. The van der Waals surface area contributed by atoms with Gasteiger partial charge in [-0.25, -0.2) is 0 Å². The molecule has 0 aromatic heterocycles. The Balaban J connectivity index is 0.00000162. The molecule has 1 unspecified atom stereocenters. The zero-order valence-corrected chi connectivity index (χ0v) is 12.2. The minimum absolute atomic E-state index is 0. The Labute approximate surface area is 117 Å². The van der Waals surface area contributed by atoms with E-state index in [-0.39, 0.29) is 24.4 Å². The van der Waals surface area contributed by atoms with Gasteiger partial charge in [0.15, 0.2) is 0 Å². The predicted molar refractivity (Wildman–Crippen MR) is 76.7 cm³/mol. The lowest BCUT2D eigenvalue weighted by Gasteiger charge is -2.22. The summed E-state index contributed by atoms with van der Waals surface area (Å²) in [6.07, 6.45) is 9.28. The summed E-state index contributed by atoms with van der Waals surface area (Å²) in [4.78, 5) is 11.9. The number of carbonyl (C=O) groups excluding carboxylic acids is 1. The first kappa shape index (κ1) is 15.8. The zero-order valence-electron chi connectivity index (χ0n) is 11.4. The predicted octanol–water partition coefficient (Wildman–Crippen LogP) is 2.62. The van der Waals surface area contributed by atoms with Crippen molar-refractivity contribution in [1.82, 2.24) is 5.32 Å². The molecule has 0 aromatic rings. The molecule has 3 nitrogen and oxygen atoms in total. The summed E-state index contributed by atoms with van der Waals surface area (Å²) in [6, 6.07) is 0.602. The number of halogens is 1. The van der Waals surface area contributed by atoms with Gasteiger partial charge in [-0.3, -0.25) is 4.79 Å². The van der Waals surface area contributed by atoms with E-state index in [0.717, 1.165) is 12.8 Å². The smallest absolute Gasteiger partial charge is 0.220 e. The summed E-state index contributed by atoms with van der Waals surface area (Å²) in [5, 5.41) is 3.17. The highest BCUT2D eigenvalue weighted by Gasteiger charge is 2.28. The molecule has 4 heteroatoms. The second kappa shape index (κ2) is 7.34. The van der Waals surface area contributed by atoms with Crippen molar-refractivity contribution >= 4 is 18.3 Å². The number of hydrogen-bond donors (Lipinski definition) is 2. The maximum atomic E-state index is 11.9. The first-order chi connectivity index (χ1) is 8.16. The van der Waals surface area contributed by atoms with E-state index >= 15 is 0 Å². The summed E-state index contributed by atoms with van der Waals surface area (Å²) >= 11 is 0. The lowest BCUT2D eigenvalue weighted by atomic mass is 9.97. The van der Waals surface area contributed by atoms with Crippen LogP contribution in [0.3, 0.4) is 0 Å². The van der Waals surface area contributed by atoms with Gasteiger partial charge in [-0.15, -0.1) is 12.4 Å². The third kappa shape index (κ3) is 4.13. The van der Waals surface area contributed by atoms with E-state index < -0.39 is 0 Å². The molecule has 106 valence electrons. The molecule has 2 saturated carbocycles. The van der Waals surface area contributed by atoms with Gasteiger partial charge >= 0.3 is 0 Å². The van der Waals surface area contributed by atoms with Gasteiger partial charge < -0.3 is 11.1 Å². The van der Waals surface area contributed by atoms with Gasteiger partial charge in [0.1, 0.15) is 0 Å². The Morgan fingerprint density at radius 2 is 1.89 bits per heavy atom. The molecule has 1 amide bonds. The van der Waals surface area contributed by atoms with Crippen LogP contribution in [0.25, 0.3) is 0 Å². The topological polar surface area (TPSA) is 55.1 Å². The number of nitrogens with one attached hydrogen (secondary N) is 1. The average molecular weight is 275 g/mol. The molecule has 0 heterocycles. The molecule has 0 aromatic carbocycles. The van der Waals surface area contributed by atoms with Crippen molar-refractivity contribution < 1.29 is 4.79 Å². The molecule has 0 saturated heterocycles. The van der Waals surface area contributed by atoms with Crippen molar-refractivity contribution in [3.8, 4) is 0 Å². The highest BCUT2D eigenvalue weighted by molar-refractivity contribution is 5.85. The average Bonchev–Trinajstić information content (AvgIpc) is 2.90. The molecule has 2 aliphatic carbocycles. The van der Waals surface area contributed by atoms with Crippen LogP contribution in [0.2, 0.25) is 0 Å². The molecule has 2 rings (SSSR count). The molecule has 2 fully saturated rings. The number of rotatable bonds is 4. The van der Waals surface area contributed by atoms with Crippen LogP contribution in [-0.2, 0) is 4.79 Å². The van der Waals surface area contributed by atoms with Gasteiger partial charge in [-0.1, -0.05) is 19.3 Å². The first-order valence-corrected chi connectivity index (χ1v) is 7.21. The van der Waals surface area contributed by atoms with Gasteiger partial charge in [-0.05, 0) is 44.4 Å². The molecule has 18 heavy (non-hydrogen) atoms. The van der Waals surface area contributed by atoms with Crippen LogP contribution < -0.4 is 11.1 Å². The molecular weight excluding hydrogens is 248 g/mol. The fourth-order valence-corrected chi connectivity index (χ4v) is 3.45. The van der Waals surface area contributed by atoms with E-state index in [4.69, 9.17) is 5.73 Å². The van der Waals surface area contributed by atoms with Crippen LogP contribution in [0.5, 0.6) is 0 Å². The lowest BCUT2D eigenvalue weighted by molar-refractivity contribution is -0.123. The minimum atomic E-state index is 0. The van der Waals surface area contributed by atoms with E-state index in [1.165, 1.54) is 32.1 Å². The van der Waals surface area contributed by atoms with E-state index in [9.17, 15) is 4.79 Å². The van der Waals surface area contributed by atoms with Gasteiger partial charge in [-0.2, -0.15) is 0 Å². The standard InChI is InChI=1S/C14H26N2O.ClH/c1-10(11-5-2-3-6-11)16-14(17)9-12-7-4-8-13(12)15;/h10-13H,2-9,15H2,1H3,(H,16,17);1H/t10?,12-,13+;/m0./s1. The van der Waals surface area contributed by atoms with Crippen LogP contribution >= 0.6 is 12.4 Å². The summed E-state index contributed by atoms with van der Waals surface area (Å²) < 4.78 is 0. The van der Waals surface area contributed by atoms with Gasteiger partial charge in [0, 0.05) is 18.5 Å². The van der Waals surface area contributed by atoms with Gasteiger partial charge in [0.2, 0.25) is 5.91 Å². The summed E-state index contributed by atoms with van der Waals surface area (Å²) in [7, 11) is 0. The molecule has 3 atom stereocenters. The second-order valence-electron chi connectivity index (χ2n) is 5.96. The first-order valence-electron chi connectivity index (χ1n) is 7.21. The number of carbonyl (C=O) groups is 1. The highest BCUT2D eigenvalue weighted by Crippen LogP contribution is 2.29. The maximum Gasteiger partial charge on any atom is 0.220 e. The van der Waals surface area contributed by atoms with Crippen molar-refractivity contribution in [1.29, 1.82) is 0 Å². The SMILES string of the molecule is CC(NC(=O)C[C@@H]1CCC[C@H]1N)C1CCCC1.Cl. The number of amides is 1. The van der Waals surface area contributed by atoms with Crippen molar-refractivity contribution in [2.24, 2.45) is 17.6 Å². The highest BCUT2D eigenvalue weighted by atomic mass is 35.5. The Bertz CT molecular complexity index is 267. The van der Waals surface area contributed by atoms with Crippen molar-refractivity contribution in [3.63, 3.8) is 0 Å². The monoisotopic (exact) mass is 274 g/mol. The van der Waals surface area contributed by atoms with Crippen LogP contribution in [-0.4, -0.2) is 18.0 Å². The van der Waals surface area contributed by atoms with Gasteiger partial charge in [0.05, 0.1) is 0 Å². The van der Waals surface area contributed by atoms with Crippen LogP contribution in [0.1, 0.15) is 58.3 Å². The Kier molecular flexibility index (Phi) is 6.44. The third-order valence-electron chi connectivity index (χ3n) is 4.66. The van der Waals surface area contributed by atoms with Gasteiger partial charge in [0.25, 0.3) is 0 Å². The zero-order chi connectivity index (χ0) is 12.3. The molecule has 2 aliphatic rings. The number of hydrogen-bond acceptors (Lipinski definition) is 2. The second-order valence-corrected chi connectivity index (χ2v) is 5.96. The Morgan fingerprint density at radius 1 is 1.22 bits per heavy atom. The molecule has 3 N–H and O–H groups in total. The lowest BCUT2D eigenvalue weighted by Crippen LogP contribution is -2.39. The fourth-order valence-electron chi connectivity index (χ4n) is 3.45. The van der Waals surface area contributed by atoms with Crippen LogP contribution in [0.15, 0.2) is 0 Å². The van der Waals surface area contributed by atoms with Crippen LogP contribution in [0, 0.1) is 11.8 Å². The molecular formula is C14H27ClN2O. The molecule has 0 spiro atoms. The minimum Gasteiger partial charge on any atom is -0.353 e. The quantitative estimate of drug-likeness (QED) is 0.828. The van der Waals surface area contributed by atoms with E-state index in [2.05, 4.69) is 12.2 Å². The summed E-state index contributed by atoms with van der Waals surface area (Å²) in [5.74, 6) is 1.34. The molecule has 0 aliphatic heterocycles. The van der Waals surface area contributed by atoms with Crippen molar-refractivity contribution in [2.75, 3.05) is 0 Å². The summed E-state index contributed by atoms with van der Waals surface area (Å²) in [5.41, 5.74) is 6.00.